The fourth-order valence-electron chi connectivity index (χ4n) is 2.19. The van der Waals surface area contributed by atoms with E-state index in [9.17, 15) is 0 Å². The number of nitrogens with zero attached hydrogens (tertiary/aromatic N) is 1. The van der Waals surface area contributed by atoms with Crippen LogP contribution in [0, 0.1) is 0 Å². The molecular formula is C20H23N. The summed E-state index contributed by atoms with van der Waals surface area (Å²) in [4.78, 5) is 4.52. The van der Waals surface area contributed by atoms with Gasteiger partial charge in [0.2, 0.25) is 0 Å². The molecule has 0 aliphatic carbocycles. The van der Waals surface area contributed by atoms with Crippen LogP contribution in [0.15, 0.2) is 66.2 Å². The number of aliphatic imine (C=N–C) groups is 1. The highest BCUT2D eigenvalue weighted by Gasteiger charge is 1.94. The molecule has 0 saturated carbocycles. The molecule has 108 valence electrons. The van der Waals surface area contributed by atoms with Crippen LogP contribution >= 0.6 is 0 Å². The molecule has 0 unspecified atom stereocenters. The molecule has 0 radical (unpaired) electrons. The van der Waals surface area contributed by atoms with Crippen molar-refractivity contribution in [1.82, 2.24) is 0 Å². The number of benzene rings is 2. The van der Waals surface area contributed by atoms with E-state index in [1.807, 2.05) is 12.3 Å². The van der Waals surface area contributed by atoms with E-state index >= 15 is 0 Å². The molecule has 1 heteroatoms. The van der Waals surface area contributed by atoms with Crippen molar-refractivity contribution in [2.45, 2.75) is 32.6 Å². The van der Waals surface area contributed by atoms with Crippen LogP contribution < -0.4 is 0 Å². The lowest BCUT2D eigenvalue weighted by molar-refractivity contribution is 0.844. The average Bonchev–Trinajstić information content (AvgIpc) is 2.55. The number of aryl methyl sites for hydroxylation is 2. The van der Waals surface area contributed by atoms with Crippen LogP contribution in [0.3, 0.4) is 0 Å². The van der Waals surface area contributed by atoms with Crippen LogP contribution in [0.4, 0.5) is 5.69 Å². The minimum atomic E-state index is 1.00. The van der Waals surface area contributed by atoms with Gasteiger partial charge in [-0.05, 0) is 54.5 Å². The second-order valence-electron chi connectivity index (χ2n) is 5.20. The first-order valence-electron chi connectivity index (χ1n) is 7.64. The third-order valence-corrected chi connectivity index (χ3v) is 3.56. The Labute approximate surface area is 128 Å². The summed E-state index contributed by atoms with van der Waals surface area (Å²) in [5.74, 6) is 0. The summed E-state index contributed by atoms with van der Waals surface area (Å²) in [6, 6.07) is 17.0. The molecule has 0 heterocycles. The molecule has 0 aliphatic heterocycles. The topological polar surface area (TPSA) is 12.4 Å². The van der Waals surface area contributed by atoms with Gasteiger partial charge in [-0.3, -0.25) is 4.99 Å². The summed E-state index contributed by atoms with van der Waals surface area (Å²) in [6.07, 6.45) is 8.33. The van der Waals surface area contributed by atoms with E-state index in [2.05, 4.69) is 67.0 Å². The van der Waals surface area contributed by atoms with E-state index in [4.69, 9.17) is 0 Å². The first-order valence-corrected chi connectivity index (χ1v) is 7.64. The van der Waals surface area contributed by atoms with Gasteiger partial charge in [0.05, 0.1) is 5.69 Å². The van der Waals surface area contributed by atoms with Gasteiger partial charge in [0.1, 0.15) is 0 Å². The molecule has 0 fully saturated rings. The van der Waals surface area contributed by atoms with Crippen molar-refractivity contribution in [2.24, 2.45) is 4.99 Å². The maximum atomic E-state index is 4.52. The molecule has 0 aromatic heterocycles. The third-order valence-electron chi connectivity index (χ3n) is 3.56. The van der Waals surface area contributed by atoms with Gasteiger partial charge in [-0.1, -0.05) is 49.4 Å². The minimum absolute atomic E-state index is 1.00. The van der Waals surface area contributed by atoms with Crippen molar-refractivity contribution >= 4 is 11.9 Å². The molecule has 2 aromatic carbocycles. The Hall–Kier alpha value is -2.15. The molecule has 0 N–H and O–H groups in total. The Morgan fingerprint density at radius 3 is 2.24 bits per heavy atom. The fraction of sp³-hybridized carbons (Fsp3) is 0.250. The van der Waals surface area contributed by atoms with Crippen LogP contribution in [-0.4, -0.2) is 6.21 Å². The normalized spacial score (nSPS) is 10.9. The standard InChI is InChI=1S/C20H23N/c1-3-5-6-7-18-8-10-19(11-9-18)16-21-20-14-12-17(4-2)13-15-20/h3,8-16H,1,4-7H2,2H3. The van der Waals surface area contributed by atoms with Crippen molar-refractivity contribution < 1.29 is 0 Å². The van der Waals surface area contributed by atoms with Crippen molar-refractivity contribution in [3.63, 3.8) is 0 Å². The second kappa shape index (κ2) is 8.21. The van der Waals surface area contributed by atoms with Crippen molar-refractivity contribution in [2.75, 3.05) is 0 Å². The van der Waals surface area contributed by atoms with Gasteiger partial charge in [0.15, 0.2) is 0 Å². The predicted octanol–water partition coefficient (Wildman–Crippen LogP) is 5.51. The summed E-state index contributed by atoms with van der Waals surface area (Å²) in [5.41, 5.74) is 4.86. The zero-order valence-electron chi connectivity index (χ0n) is 12.8. The molecule has 0 atom stereocenters. The molecule has 2 rings (SSSR count). The second-order valence-corrected chi connectivity index (χ2v) is 5.20. The smallest absolute Gasteiger partial charge is 0.0630 e. The Balaban J connectivity index is 1.95. The first kappa shape index (κ1) is 15.2. The van der Waals surface area contributed by atoms with Gasteiger partial charge in [-0.15, -0.1) is 6.58 Å². The van der Waals surface area contributed by atoms with Gasteiger partial charge < -0.3 is 0 Å². The van der Waals surface area contributed by atoms with E-state index in [1.54, 1.807) is 0 Å². The number of allylic oxidation sites excluding steroid dienone is 1. The van der Waals surface area contributed by atoms with Gasteiger partial charge >= 0.3 is 0 Å². The maximum Gasteiger partial charge on any atom is 0.0630 e. The predicted molar refractivity (Wildman–Crippen MR) is 92.7 cm³/mol. The Bertz CT molecular complexity index is 576. The van der Waals surface area contributed by atoms with Gasteiger partial charge in [0.25, 0.3) is 0 Å². The summed E-state index contributed by atoms with van der Waals surface area (Å²) >= 11 is 0. The SMILES string of the molecule is C=CCCCc1ccc(C=Nc2ccc(CC)cc2)cc1. The minimum Gasteiger partial charge on any atom is -0.256 e. The monoisotopic (exact) mass is 277 g/mol. The van der Waals surface area contributed by atoms with Crippen LogP contribution in [0.2, 0.25) is 0 Å². The Morgan fingerprint density at radius 1 is 0.952 bits per heavy atom. The molecule has 0 amide bonds. The van der Waals surface area contributed by atoms with Crippen LogP contribution in [0.25, 0.3) is 0 Å². The van der Waals surface area contributed by atoms with Crippen molar-refractivity contribution in [3.8, 4) is 0 Å². The quantitative estimate of drug-likeness (QED) is 0.359. The van der Waals surface area contributed by atoms with Crippen LogP contribution in [0.1, 0.15) is 36.5 Å². The zero-order chi connectivity index (χ0) is 14.9. The molecule has 2 aromatic rings. The van der Waals surface area contributed by atoms with Crippen LogP contribution in [0.5, 0.6) is 0 Å². The number of rotatable bonds is 7. The lowest BCUT2D eigenvalue weighted by atomic mass is 10.1. The summed E-state index contributed by atoms with van der Waals surface area (Å²) in [6.45, 7) is 5.91. The highest BCUT2D eigenvalue weighted by atomic mass is 14.7. The zero-order valence-corrected chi connectivity index (χ0v) is 12.8. The van der Waals surface area contributed by atoms with E-state index in [-0.39, 0.29) is 0 Å². The summed E-state index contributed by atoms with van der Waals surface area (Å²) in [5, 5.41) is 0. The number of unbranched alkanes of at least 4 members (excludes halogenated alkanes) is 1. The number of hydrogen-bond acceptors (Lipinski definition) is 1. The molecule has 0 spiro atoms. The van der Waals surface area contributed by atoms with Crippen molar-refractivity contribution in [3.05, 3.63) is 77.9 Å². The maximum absolute atomic E-state index is 4.52. The van der Waals surface area contributed by atoms with E-state index in [0.29, 0.717) is 0 Å². The molecule has 0 bridgehead atoms. The molecule has 0 aliphatic rings. The third kappa shape index (κ3) is 5.03. The molecule has 21 heavy (non-hydrogen) atoms. The highest BCUT2D eigenvalue weighted by Crippen LogP contribution is 2.14. The summed E-state index contributed by atoms with van der Waals surface area (Å²) in [7, 11) is 0. The highest BCUT2D eigenvalue weighted by molar-refractivity contribution is 5.81. The number of hydrogen-bond donors (Lipinski definition) is 0. The molecule has 0 saturated heterocycles. The fourth-order valence-corrected chi connectivity index (χ4v) is 2.19. The van der Waals surface area contributed by atoms with Crippen LogP contribution in [-0.2, 0) is 12.8 Å². The van der Waals surface area contributed by atoms with Gasteiger partial charge in [0, 0.05) is 6.21 Å². The molecule has 1 nitrogen and oxygen atoms in total. The van der Waals surface area contributed by atoms with Gasteiger partial charge in [-0.25, -0.2) is 0 Å². The average molecular weight is 277 g/mol. The Morgan fingerprint density at radius 2 is 1.62 bits per heavy atom. The van der Waals surface area contributed by atoms with Crippen molar-refractivity contribution in [1.29, 1.82) is 0 Å². The first-order chi connectivity index (χ1) is 10.3. The lowest BCUT2D eigenvalue weighted by Crippen LogP contribution is -1.86. The largest absolute Gasteiger partial charge is 0.256 e. The molecular weight excluding hydrogens is 254 g/mol. The summed E-state index contributed by atoms with van der Waals surface area (Å²) < 4.78 is 0. The Kier molecular flexibility index (Phi) is 5.96. The lowest BCUT2D eigenvalue weighted by Gasteiger charge is -2.01. The van der Waals surface area contributed by atoms with Gasteiger partial charge in [-0.2, -0.15) is 0 Å². The van der Waals surface area contributed by atoms with E-state index < -0.39 is 0 Å². The van der Waals surface area contributed by atoms with E-state index in [1.165, 1.54) is 17.5 Å². The van der Waals surface area contributed by atoms with E-state index in [0.717, 1.165) is 30.5 Å².